The maximum Gasteiger partial charge on any atom is 0.123 e. The third-order valence-corrected chi connectivity index (χ3v) is 3.52. The number of hydrogen-bond acceptors (Lipinski definition) is 1. The van der Waals surface area contributed by atoms with Gasteiger partial charge in [-0.1, -0.05) is 45.0 Å². The van der Waals surface area contributed by atoms with Gasteiger partial charge in [0.2, 0.25) is 0 Å². The molecule has 0 aliphatic carbocycles. The molecular formula is C15H18O. The molecule has 2 rings (SSSR count). The van der Waals surface area contributed by atoms with E-state index in [2.05, 4.69) is 39.0 Å². The van der Waals surface area contributed by atoms with Crippen LogP contribution in [-0.2, 0) is 5.41 Å². The molecule has 84 valence electrons. The number of benzene rings is 2. The van der Waals surface area contributed by atoms with Crippen LogP contribution in [0.3, 0.4) is 0 Å². The predicted octanol–water partition coefficient (Wildman–Crippen LogP) is 4.23. The van der Waals surface area contributed by atoms with Crippen LogP contribution < -0.4 is 0 Å². The van der Waals surface area contributed by atoms with Gasteiger partial charge in [0.1, 0.15) is 5.75 Å². The van der Waals surface area contributed by atoms with E-state index in [0.717, 1.165) is 17.2 Å². The SMILES string of the molecule is CCC(C)(C)c1ccc2cccc(O)c2c1. The Morgan fingerprint density at radius 2 is 1.88 bits per heavy atom. The van der Waals surface area contributed by atoms with Crippen molar-refractivity contribution in [2.24, 2.45) is 0 Å². The highest BCUT2D eigenvalue weighted by Gasteiger charge is 2.18. The van der Waals surface area contributed by atoms with Crippen molar-refractivity contribution < 1.29 is 5.11 Å². The molecule has 0 amide bonds. The van der Waals surface area contributed by atoms with Gasteiger partial charge in [0.25, 0.3) is 0 Å². The molecular weight excluding hydrogens is 196 g/mol. The molecule has 0 atom stereocenters. The first-order chi connectivity index (χ1) is 7.54. The van der Waals surface area contributed by atoms with E-state index < -0.39 is 0 Å². The lowest BCUT2D eigenvalue weighted by Crippen LogP contribution is -2.15. The largest absolute Gasteiger partial charge is 0.507 e. The third kappa shape index (κ3) is 1.78. The third-order valence-electron chi connectivity index (χ3n) is 3.52. The molecule has 0 aliphatic rings. The minimum absolute atomic E-state index is 0.163. The maximum atomic E-state index is 9.83. The minimum atomic E-state index is 0.163. The fraction of sp³-hybridized carbons (Fsp3) is 0.333. The first kappa shape index (κ1) is 11.0. The van der Waals surface area contributed by atoms with E-state index >= 15 is 0 Å². The van der Waals surface area contributed by atoms with Crippen LogP contribution in [0, 0.1) is 0 Å². The van der Waals surface area contributed by atoms with Crippen LogP contribution in [0.2, 0.25) is 0 Å². The zero-order valence-corrected chi connectivity index (χ0v) is 10.1. The molecule has 2 aromatic rings. The fourth-order valence-corrected chi connectivity index (χ4v) is 1.88. The van der Waals surface area contributed by atoms with Gasteiger partial charge in [-0.05, 0) is 34.9 Å². The van der Waals surface area contributed by atoms with Gasteiger partial charge in [-0.2, -0.15) is 0 Å². The Kier molecular flexibility index (Phi) is 2.63. The van der Waals surface area contributed by atoms with Gasteiger partial charge in [0.05, 0.1) is 0 Å². The normalized spacial score (nSPS) is 11.9. The van der Waals surface area contributed by atoms with Gasteiger partial charge < -0.3 is 5.11 Å². The molecule has 0 saturated heterocycles. The van der Waals surface area contributed by atoms with Gasteiger partial charge in [0, 0.05) is 5.39 Å². The molecule has 0 aliphatic heterocycles. The van der Waals surface area contributed by atoms with Crippen molar-refractivity contribution in [1.29, 1.82) is 0 Å². The van der Waals surface area contributed by atoms with Gasteiger partial charge in [-0.3, -0.25) is 0 Å². The second-order valence-corrected chi connectivity index (χ2v) is 4.95. The smallest absolute Gasteiger partial charge is 0.123 e. The average Bonchev–Trinajstić information content (AvgIpc) is 2.29. The molecule has 16 heavy (non-hydrogen) atoms. The second-order valence-electron chi connectivity index (χ2n) is 4.95. The first-order valence-corrected chi connectivity index (χ1v) is 5.77. The standard InChI is InChI=1S/C15H18O/c1-4-15(2,3)12-9-8-11-6-5-7-14(16)13(11)10-12/h5-10,16H,4H2,1-3H3. The Hall–Kier alpha value is -1.50. The number of phenols is 1. The Morgan fingerprint density at radius 1 is 1.12 bits per heavy atom. The summed E-state index contributed by atoms with van der Waals surface area (Å²) in [4.78, 5) is 0. The first-order valence-electron chi connectivity index (χ1n) is 5.77. The topological polar surface area (TPSA) is 20.2 Å². The van der Waals surface area contributed by atoms with E-state index in [1.807, 2.05) is 12.1 Å². The van der Waals surface area contributed by atoms with Crippen molar-refractivity contribution in [3.05, 3.63) is 42.0 Å². The van der Waals surface area contributed by atoms with Crippen molar-refractivity contribution in [2.75, 3.05) is 0 Å². The minimum Gasteiger partial charge on any atom is -0.507 e. The molecule has 1 heteroatoms. The monoisotopic (exact) mass is 214 g/mol. The van der Waals surface area contributed by atoms with E-state index in [-0.39, 0.29) is 5.41 Å². The van der Waals surface area contributed by atoms with Gasteiger partial charge in [0.15, 0.2) is 0 Å². The summed E-state index contributed by atoms with van der Waals surface area (Å²) >= 11 is 0. The molecule has 0 heterocycles. The summed E-state index contributed by atoms with van der Waals surface area (Å²) in [6, 6.07) is 12.0. The van der Waals surface area contributed by atoms with E-state index in [9.17, 15) is 5.11 Å². The molecule has 0 fully saturated rings. The van der Waals surface area contributed by atoms with Crippen LogP contribution in [0.4, 0.5) is 0 Å². The summed E-state index contributed by atoms with van der Waals surface area (Å²) in [5, 5.41) is 11.9. The van der Waals surface area contributed by atoms with Crippen LogP contribution in [-0.4, -0.2) is 5.11 Å². The van der Waals surface area contributed by atoms with E-state index in [1.165, 1.54) is 5.56 Å². The molecule has 0 aromatic heterocycles. The summed E-state index contributed by atoms with van der Waals surface area (Å²) in [5.74, 6) is 0.367. The summed E-state index contributed by atoms with van der Waals surface area (Å²) in [6.45, 7) is 6.65. The molecule has 0 bridgehead atoms. The highest BCUT2D eigenvalue weighted by Crippen LogP contribution is 2.32. The Bertz CT molecular complexity index is 512. The van der Waals surface area contributed by atoms with Crippen molar-refractivity contribution in [3.8, 4) is 5.75 Å². The van der Waals surface area contributed by atoms with Gasteiger partial charge >= 0.3 is 0 Å². The van der Waals surface area contributed by atoms with Crippen LogP contribution in [0.1, 0.15) is 32.8 Å². The molecule has 0 unspecified atom stereocenters. The number of fused-ring (bicyclic) bond motifs is 1. The highest BCUT2D eigenvalue weighted by atomic mass is 16.3. The van der Waals surface area contributed by atoms with Gasteiger partial charge in [-0.25, -0.2) is 0 Å². The predicted molar refractivity (Wildman–Crippen MR) is 68.9 cm³/mol. The zero-order valence-electron chi connectivity index (χ0n) is 10.1. The van der Waals surface area contributed by atoms with Crippen molar-refractivity contribution in [1.82, 2.24) is 0 Å². The lowest BCUT2D eigenvalue weighted by Gasteiger charge is -2.23. The average molecular weight is 214 g/mol. The fourth-order valence-electron chi connectivity index (χ4n) is 1.88. The number of hydrogen-bond donors (Lipinski definition) is 1. The van der Waals surface area contributed by atoms with E-state index in [0.29, 0.717) is 5.75 Å². The summed E-state index contributed by atoms with van der Waals surface area (Å²) in [7, 11) is 0. The quantitative estimate of drug-likeness (QED) is 0.793. The number of aromatic hydroxyl groups is 1. The van der Waals surface area contributed by atoms with Gasteiger partial charge in [-0.15, -0.1) is 0 Å². The van der Waals surface area contributed by atoms with E-state index in [4.69, 9.17) is 0 Å². The molecule has 0 radical (unpaired) electrons. The Balaban J connectivity index is 2.64. The van der Waals surface area contributed by atoms with Crippen molar-refractivity contribution >= 4 is 10.8 Å². The second kappa shape index (κ2) is 3.82. The molecule has 1 nitrogen and oxygen atoms in total. The highest BCUT2D eigenvalue weighted by molar-refractivity contribution is 5.88. The maximum absolute atomic E-state index is 9.83. The summed E-state index contributed by atoms with van der Waals surface area (Å²) in [5.41, 5.74) is 1.44. The molecule has 1 N–H and O–H groups in total. The van der Waals surface area contributed by atoms with Crippen molar-refractivity contribution in [2.45, 2.75) is 32.6 Å². The van der Waals surface area contributed by atoms with E-state index in [1.54, 1.807) is 6.07 Å². The summed E-state index contributed by atoms with van der Waals surface area (Å²) < 4.78 is 0. The zero-order chi connectivity index (χ0) is 11.8. The van der Waals surface area contributed by atoms with Crippen molar-refractivity contribution in [3.63, 3.8) is 0 Å². The number of rotatable bonds is 2. The van der Waals surface area contributed by atoms with Crippen LogP contribution >= 0.6 is 0 Å². The molecule has 2 aromatic carbocycles. The summed E-state index contributed by atoms with van der Waals surface area (Å²) in [6.07, 6.45) is 1.09. The lowest BCUT2D eigenvalue weighted by molar-refractivity contribution is 0.481. The number of phenolic OH excluding ortho intramolecular Hbond substituents is 1. The lowest BCUT2D eigenvalue weighted by atomic mass is 9.81. The Labute approximate surface area is 96.7 Å². The van der Waals surface area contributed by atoms with Crippen LogP contribution in [0.5, 0.6) is 5.75 Å². The molecule has 0 saturated carbocycles. The Morgan fingerprint density at radius 3 is 2.56 bits per heavy atom. The molecule has 0 spiro atoms. The van der Waals surface area contributed by atoms with Crippen LogP contribution in [0.25, 0.3) is 10.8 Å². The van der Waals surface area contributed by atoms with Crippen LogP contribution in [0.15, 0.2) is 36.4 Å².